The highest BCUT2D eigenvalue weighted by Crippen LogP contribution is 2.13. The number of benzene rings is 1. The van der Waals surface area contributed by atoms with E-state index in [-0.39, 0.29) is 12.4 Å². The van der Waals surface area contributed by atoms with Gasteiger partial charge in [-0.1, -0.05) is 19.1 Å². The third kappa shape index (κ3) is 2.16. The van der Waals surface area contributed by atoms with Crippen LogP contribution in [0.4, 0.5) is 0 Å². The van der Waals surface area contributed by atoms with Gasteiger partial charge in [0.1, 0.15) is 0 Å². The standard InChI is InChI=1S/C11H14O2/c1-3-11(13)10-6-9(7-12)5-4-8(10)2/h4-6,12H,3,7H2,1-2H3. The third-order valence-electron chi connectivity index (χ3n) is 2.11. The maximum Gasteiger partial charge on any atom is 0.162 e. The predicted molar refractivity (Wildman–Crippen MR) is 51.7 cm³/mol. The number of aliphatic hydroxyl groups excluding tert-OH is 1. The molecule has 2 heteroatoms. The van der Waals surface area contributed by atoms with E-state index in [9.17, 15) is 4.79 Å². The summed E-state index contributed by atoms with van der Waals surface area (Å²) < 4.78 is 0. The summed E-state index contributed by atoms with van der Waals surface area (Å²) in [6.07, 6.45) is 0.510. The van der Waals surface area contributed by atoms with Crippen LogP contribution >= 0.6 is 0 Å². The number of hydrogen-bond donors (Lipinski definition) is 1. The molecule has 0 amide bonds. The van der Waals surface area contributed by atoms with Gasteiger partial charge in [0.25, 0.3) is 0 Å². The molecule has 0 spiro atoms. The van der Waals surface area contributed by atoms with Gasteiger partial charge < -0.3 is 5.11 Å². The number of aryl methyl sites for hydroxylation is 1. The topological polar surface area (TPSA) is 37.3 Å². The average molecular weight is 178 g/mol. The van der Waals surface area contributed by atoms with Crippen molar-refractivity contribution < 1.29 is 9.90 Å². The SMILES string of the molecule is CCC(=O)c1cc(CO)ccc1C. The Hall–Kier alpha value is -1.15. The number of hydrogen-bond acceptors (Lipinski definition) is 2. The van der Waals surface area contributed by atoms with Gasteiger partial charge in [0.2, 0.25) is 0 Å². The maximum absolute atomic E-state index is 11.4. The zero-order valence-corrected chi connectivity index (χ0v) is 8.00. The number of Topliss-reactive ketones (excluding diaryl/α,β-unsaturated/α-hetero) is 1. The van der Waals surface area contributed by atoms with Crippen LogP contribution in [0.3, 0.4) is 0 Å². The molecular weight excluding hydrogens is 164 g/mol. The average Bonchev–Trinajstić information content (AvgIpc) is 2.17. The molecule has 2 nitrogen and oxygen atoms in total. The van der Waals surface area contributed by atoms with Crippen LogP contribution < -0.4 is 0 Å². The molecule has 0 saturated heterocycles. The van der Waals surface area contributed by atoms with Crippen molar-refractivity contribution in [3.05, 3.63) is 34.9 Å². The van der Waals surface area contributed by atoms with E-state index in [1.807, 2.05) is 26.0 Å². The number of carbonyl (C=O) groups is 1. The summed E-state index contributed by atoms with van der Waals surface area (Å²) in [6, 6.07) is 5.47. The predicted octanol–water partition coefficient (Wildman–Crippen LogP) is 2.08. The normalized spacial score (nSPS) is 10.1. The molecule has 1 rings (SSSR count). The first-order valence-corrected chi connectivity index (χ1v) is 4.42. The zero-order chi connectivity index (χ0) is 9.84. The lowest BCUT2D eigenvalue weighted by molar-refractivity contribution is 0.0987. The first-order valence-electron chi connectivity index (χ1n) is 4.42. The minimum atomic E-state index is -0.00965. The molecule has 13 heavy (non-hydrogen) atoms. The van der Waals surface area contributed by atoms with E-state index in [0.29, 0.717) is 6.42 Å². The second kappa shape index (κ2) is 4.19. The Morgan fingerprint density at radius 1 is 1.46 bits per heavy atom. The molecule has 0 bridgehead atoms. The first kappa shape index (κ1) is 9.93. The minimum Gasteiger partial charge on any atom is -0.392 e. The van der Waals surface area contributed by atoms with Crippen molar-refractivity contribution in [3.63, 3.8) is 0 Å². The Bertz CT molecular complexity index is 316. The second-order valence-electron chi connectivity index (χ2n) is 3.08. The summed E-state index contributed by atoms with van der Waals surface area (Å²) in [5, 5.41) is 8.90. The monoisotopic (exact) mass is 178 g/mol. The van der Waals surface area contributed by atoms with Crippen molar-refractivity contribution in [2.24, 2.45) is 0 Å². The zero-order valence-electron chi connectivity index (χ0n) is 8.00. The van der Waals surface area contributed by atoms with Gasteiger partial charge in [0.05, 0.1) is 6.61 Å². The van der Waals surface area contributed by atoms with Crippen LogP contribution in [0.25, 0.3) is 0 Å². The van der Waals surface area contributed by atoms with E-state index < -0.39 is 0 Å². The molecule has 0 saturated carbocycles. The Labute approximate surface area is 78.2 Å². The van der Waals surface area contributed by atoms with Crippen molar-refractivity contribution in [2.45, 2.75) is 26.9 Å². The molecule has 0 fully saturated rings. The van der Waals surface area contributed by atoms with Gasteiger partial charge in [-0.25, -0.2) is 0 Å². The van der Waals surface area contributed by atoms with Gasteiger partial charge in [-0.2, -0.15) is 0 Å². The van der Waals surface area contributed by atoms with Crippen molar-refractivity contribution >= 4 is 5.78 Å². The van der Waals surface area contributed by atoms with E-state index >= 15 is 0 Å². The summed E-state index contributed by atoms with van der Waals surface area (Å²) in [6.45, 7) is 3.74. The van der Waals surface area contributed by atoms with Crippen LogP contribution in [0.1, 0.15) is 34.8 Å². The van der Waals surface area contributed by atoms with E-state index in [1.165, 1.54) is 0 Å². The highest BCUT2D eigenvalue weighted by atomic mass is 16.3. The molecule has 1 aromatic carbocycles. The van der Waals surface area contributed by atoms with Crippen LogP contribution in [-0.2, 0) is 6.61 Å². The smallest absolute Gasteiger partial charge is 0.162 e. The highest BCUT2D eigenvalue weighted by Gasteiger charge is 2.06. The summed E-state index contributed by atoms with van der Waals surface area (Å²) in [5.41, 5.74) is 2.50. The van der Waals surface area contributed by atoms with Gasteiger partial charge >= 0.3 is 0 Å². The molecule has 0 atom stereocenters. The lowest BCUT2D eigenvalue weighted by Crippen LogP contribution is -2.01. The van der Waals surface area contributed by atoms with Crippen LogP contribution in [0.5, 0.6) is 0 Å². The lowest BCUT2D eigenvalue weighted by atomic mass is 10.0. The molecule has 0 radical (unpaired) electrons. The van der Waals surface area contributed by atoms with Gasteiger partial charge in [0, 0.05) is 12.0 Å². The van der Waals surface area contributed by atoms with E-state index in [4.69, 9.17) is 5.11 Å². The largest absolute Gasteiger partial charge is 0.392 e. The molecule has 0 aliphatic carbocycles. The Morgan fingerprint density at radius 2 is 2.15 bits per heavy atom. The molecule has 1 N–H and O–H groups in total. The second-order valence-corrected chi connectivity index (χ2v) is 3.08. The molecule has 0 aliphatic heterocycles. The van der Waals surface area contributed by atoms with Crippen molar-refractivity contribution in [1.82, 2.24) is 0 Å². The molecule has 70 valence electrons. The fraction of sp³-hybridized carbons (Fsp3) is 0.364. The molecule has 1 aromatic rings. The lowest BCUT2D eigenvalue weighted by Gasteiger charge is -2.04. The van der Waals surface area contributed by atoms with Crippen molar-refractivity contribution in [2.75, 3.05) is 0 Å². The van der Waals surface area contributed by atoms with E-state index in [0.717, 1.165) is 16.7 Å². The molecule has 0 unspecified atom stereocenters. The number of ketones is 1. The van der Waals surface area contributed by atoms with Crippen molar-refractivity contribution in [1.29, 1.82) is 0 Å². The van der Waals surface area contributed by atoms with Crippen LogP contribution in [-0.4, -0.2) is 10.9 Å². The maximum atomic E-state index is 11.4. The molecule has 0 heterocycles. The van der Waals surface area contributed by atoms with Crippen molar-refractivity contribution in [3.8, 4) is 0 Å². The summed E-state index contributed by atoms with van der Waals surface area (Å²) >= 11 is 0. The summed E-state index contributed by atoms with van der Waals surface area (Å²) in [5.74, 6) is 0.132. The van der Waals surface area contributed by atoms with E-state index in [2.05, 4.69) is 0 Å². The quantitative estimate of drug-likeness (QED) is 0.719. The fourth-order valence-electron chi connectivity index (χ4n) is 1.26. The van der Waals surface area contributed by atoms with Crippen LogP contribution in [0.2, 0.25) is 0 Å². The summed E-state index contributed by atoms with van der Waals surface area (Å²) in [4.78, 5) is 11.4. The molecular formula is C11H14O2. The fourth-order valence-corrected chi connectivity index (χ4v) is 1.26. The number of rotatable bonds is 3. The Morgan fingerprint density at radius 3 is 2.69 bits per heavy atom. The highest BCUT2D eigenvalue weighted by molar-refractivity contribution is 5.97. The van der Waals surface area contributed by atoms with Gasteiger partial charge in [0.15, 0.2) is 5.78 Å². The van der Waals surface area contributed by atoms with Crippen LogP contribution in [0, 0.1) is 6.92 Å². The third-order valence-corrected chi connectivity index (χ3v) is 2.11. The Kier molecular flexibility index (Phi) is 3.20. The van der Waals surface area contributed by atoms with Gasteiger partial charge in [-0.15, -0.1) is 0 Å². The van der Waals surface area contributed by atoms with E-state index in [1.54, 1.807) is 6.07 Å². The van der Waals surface area contributed by atoms with Gasteiger partial charge in [-0.05, 0) is 24.1 Å². The molecule has 0 aliphatic rings. The Balaban J connectivity index is 3.11. The first-order chi connectivity index (χ1) is 6.19. The van der Waals surface area contributed by atoms with Crippen LogP contribution in [0.15, 0.2) is 18.2 Å². The number of carbonyl (C=O) groups excluding carboxylic acids is 1. The minimum absolute atomic E-state index is 0.00965. The summed E-state index contributed by atoms with van der Waals surface area (Å²) in [7, 11) is 0. The molecule has 0 aromatic heterocycles. The number of aliphatic hydroxyl groups is 1. The van der Waals surface area contributed by atoms with Gasteiger partial charge in [-0.3, -0.25) is 4.79 Å².